The van der Waals surface area contributed by atoms with E-state index in [0.717, 1.165) is 0 Å². The molecule has 0 radical (unpaired) electrons. The number of ether oxygens (including phenoxy) is 1. The molecule has 0 heterocycles. The first kappa shape index (κ1) is 15.6. The first-order valence-electron chi connectivity index (χ1n) is 6.18. The number of nitrogens with zero attached hydrogens (tertiary/aromatic N) is 1. The molecule has 2 N–H and O–H groups in total. The predicted octanol–water partition coefficient (Wildman–Crippen LogP) is 2.80. The Labute approximate surface area is 118 Å². The third-order valence-electron chi connectivity index (χ3n) is 2.22. The van der Waals surface area contributed by atoms with Crippen LogP contribution in [0.3, 0.4) is 0 Å². The SMILES string of the molecule is CC(C)(C)OC(=O)NCC=Cc1cc(C#N)ccc1O. The molecular weight excluding hydrogens is 256 g/mol. The molecule has 0 saturated heterocycles. The number of benzene rings is 1. The molecule has 1 rings (SSSR count). The summed E-state index contributed by atoms with van der Waals surface area (Å²) in [7, 11) is 0. The summed E-state index contributed by atoms with van der Waals surface area (Å²) in [5.74, 6) is 0.0810. The Kier molecular flexibility index (Phi) is 5.15. The minimum Gasteiger partial charge on any atom is -0.507 e. The van der Waals surface area contributed by atoms with Gasteiger partial charge in [-0.05, 0) is 39.0 Å². The molecule has 0 aliphatic rings. The molecule has 0 aromatic heterocycles. The zero-order valence-corrected chi connectivity index (χ0v) is 11.8. The van der Waals surface area contributed by atoms with Crippen molar-refractivity contribution in [3.05, 3.63) is 35.4 Å². The summed E-state index contributed by atoms with van der Waals surface area (Å²) in [6.07, 6.45) is 2.80. The third-order valence-corrected chi connectivity index (χ3v) is 2.22. The fourth-order valence-corrected chi connectivity index (χ4v) is 1.40. The smallest absolute Gasteiger partial charge is 0.407 e. The van der Waals surface area contributed by atoms with Gasteiger partial charge in [0.05, 0.1) is 11.6 Å². The standard InChI is InChI=1S/C15H18N2O3/c1-15(2,3)20-14(19)17-8-4-5-12-9-11(10-16)6-7-13(12)18/h4-7,9,18H,8H2,1-3H3,(H,17,19). The number of nitriles is 1. The van der Waals surface area contributed by atoms with Crippen LogP contribution in [0.25, 0.3) is 6.08 Å². The van der Waals surface area contributed by atoms with Gasteiger partial charge in [-0.25, -0.2) is 4.79 Å². The first-order valence-corrected chi connectivity index (χ1v) is 6.18. The Morgan fingerprint density at radius 1 is 1.50 bits per heavy atom. The molecule has 5 heteroatoms. The second kappa shape index (κ2) is 6.62. The van der Waals surface area contributed by atoms with Gasteiger partial charge in [0, 0.05) is 12.1 Å². The predicted molar refractivity (Wildman–Crippen MR) is 76.1 cm³/mol. The van der Waals surface area contributed by atoms with Crippen LogP contribution in [-0.4, -0.2) is 23.3 Å². The zero-order valence-electron chi connectivity index (χ0n) is 11.8. The minimum absolute atomic E-state index is 0.0810. The molecule has 0 bridgehead atoms. The molecule has 5 nitrogen and oxygen atoms in total. The van der Waals surface area contributed by atoms with Crippen LogP contribution in [0.15, 0.2) is 24.3 Å². The fraction of sp³-hybridized carbons (Fsp3) is 0.333. The number of phenols is 1. The van der Waals surface area contributed by atoms with E-state index in [0.29, 0.717) is 11.1 Å². The van der Waals surface area contributed by atoms with Gasteiger partial charge in [0.2, 0.25) is 0 Å². The number of hydrogen-bond acceptors (Lipinski definition) is 4. The zero-order chi connectivity index (χ0) is 15.2. The van der Waals surface area contributed by atoms with E-state index in [9.17, 15) is 9.90 Å². The molecule has 0 atom stereocenters. The van der Waals surface area contributed by atoms with E-state index in [1.54, 1.807) is 39.0 Å². The normalized spacial score (nSPS) is 11.1. The lowest BCUT2D eigenvalue weighted by Gasteiger charge is -2.19. The molecular formula is C15H18N2O3. The molecule has 0 unspecified atom stereocenters. The molecule has 0 saturated carbocycles. The first-order chi connectivity index (χ1) is 9.31. The summed E-state index contributed by atoms with van der Waals surface area (Å²) in [5, 5.41) is 21.0. The van der Waals surface area contributed by atoms with E-state index in [-0.39, 0.29) is 12.3 Å². The lowest BCUT2D eigenvalue weighted by Crippen LogP contribution is -2.32. The largest absolute Gasteiger partial charge is 0.507 e. The lowest BCUT2D eigenvalue weighted by atomic mass is 10.1. The fourth-order valence-electron chi connectivity index (χ4n) is 1.40. The summed E-state index contributed by atoms with van der Waals surface area (Å²) in [6.45, 7) is 5.63. The Balaban J connectivity index is 2.54. The van der Waals surface area contributed by atoms with Crippen LogP contribution in [0.1, 0.15) is 31.9 Å². The van der Waals surface area contributed by atoms with Gasteiger partial charge < -0.3 is 15.2 Å². The summed E-state index contributed by atoms with van der Waals surface area (Å²) in [6, 6.07) is 6.55. The van der Waals surface area contributed by atoms with Crippen molar-refractivity contribution in [2.45, 2.75) is 26.4 Å². The van der Waals surface area contributed by atoms with Crippen LogP contribution in [-0.2, 0) is 4.74 Å². The van der Waals surface area contributed by atoms with Gasteiger partial charge in [0.25, 0.3) is 0 Å². The van der Waals surface area contributed by atoms with Gasteiger partial charge in [0.15, 0.2) is 0 Å². The average Bonchev–Trinajstić information content (AvgIpc) is 2.34. The van der Waals surface area contributed by atoms with Crippen LogP contribution in [0.5, 0.6) is 5.75 Å². The summed E-state index contributed by atoms with van der Waals surface area (Å²) >= 11 is 0. The Bertz CT molecular complexity index is 551. The summed E-state index contributed by atoms with van der Waals surface area (Å²) in [5.41, 5.74) is 0.449. The third kappa shape index (κ3) is 5.44. The molecule has 106 valence electrons. The van der Waals surface area contributed by atoms with Crippen molar-refractivity contribution in [3.63, 3.8) is 0 Å². The number of carbonyl (C=O) groups is 1. The number of nitrogens with one attached hydrogen (secondary N) is 1. The highest BCUT2D eigenvalue weighted by Gasteiger charge is 2.14. The Morgan fingerprint density at radius 2 is 2.20 bits per heavy atom. The highest BCUT2D eigenvalue weighted by molar-refractivity contribution is 5.68. The number of carbonyl (C=O) groups excluding carboxylic acids is 1. The van der Waals surface area contributed by atoms with Crippen molar-refractivity contribution in [1.29, 1.82) is 5.26 Å². The van der Waals surface area contributed by atoms with Crippen molar-refractivity contribution in [3.8, 4) is 11.8 Å². The van der Waals surface area contributed by atoms with Crippen LogP contribution in [0.4, 0.5) is 4.79 Å². The number of amides is 1. The molecule has 1 amide bonds. The van der Waals surface area contributed by atoms with Gasteiger partial charge >= 0.3 is 6.09 Å². The number of alkyl carbamates (subject to hydrolysis) is 1. The van der Waals surface area contributed by atoms with Gasteiger partial charge in [-0.15, -0.1) is 0 Å². The summed E-state index contributed by atoms with van der Waals surface area (Å²) in [4.78, 5) is 11.4. The maximum Gasteiger partial charge on any atom is 0.407 e. The monoisotopic (exact) mass is 274 g/mol. The van der Waals surface area contributed by atoms with Gasteiger partial charge in [0.1, 0.15) is 11.4 Å². The molecule has 1 aromatic carbocycles. The quantitative estimate of drug-likeness (QED) is 0.887. The van der Waals surface area contributed by atoms with E-state index in [1.165, 1.54) is 12.1 Å². The van der Waals surface area contributed by atoms with Gasteiger partial charge in [-0.1, -0.05) is 12.2 Å². The van der Waals surface area contributed by atoms with Crippen molar-refractivity contribution in [1.82, 2.24) is 5.32 Å². The number of hydrogen-bond donors (Lipinski definition) is 2. The number of aromatic hydroxyl groups is 1. The highest BCUT2D eigenvalue weighted by atomic mass is 16.6. The molecule has 0 aliphatic carbocycles. The average molecular weight is 274 g/mol. The van der Waals surface area contributed by atoms with Crippen molar-refractivity contribution < 1.29 is 14.6 Å². The lowest BCUT2D eigenvalue weighted by molar-refractivity contribution is 0.0534. The number of rotatable bonds is 3. The molecule has 0 spiro atoms. The topological polar surface area (TPSA) is 82.3 Å². The van der Waals surface area contributed by atoms with Gasteiger partial charge in [-0.3, -0.25) is 0 Å². The Hall–Kier alpha value is -2.48. The maximum absolute atomic E-state index is 11.4. The van der Waals surface area contributed by atoms with Crippen molar-refractivity contribution >= 4 is 12.2 Å². The Morgan fingerprint density at radius 3 is 2.80 bits per heavy atom. The van der Waals surface area contributed by atoms with Crippen LogP contribution in [0, 0.1) is 11.3 Å². The maximum atomic E-state index is 11.4. The van der Waals surface area contributed by atoms with Crippen molar-refractivity contribution in [2.75, 3.05) is 6.54 Å². The van der Waals surface area contributed by atoms with Crippen LogP contribution in [0.2, 0.25) is 0 Å². The van der Waals surface area contributed by atoms with Gasteiger partial charge in [-0.2, -0.15) is 5.26 Å². The summed E-state index contributed by atoms with van der Waals surface area (Å²) < 4.78 is 5.07. The molecule has 0 fully saturated rings. The highest BCUT2D eigenvalue weighted by Crippen LogP contribution is 2.19. The minimum atomic E-state index is -0.535. The second-order valence-corrected chi connectivity index (χ2v) is 5.17. The van der Waals surface area contributed by atoms with Crippen LogP contribution < -0.4 is 5.32 Å². The molecule has 1 aromatic rings. The number of phenolic OH excluding ortho intramolecular Hbond substituents is 1. The molecule has 20 heavy (non-hydrogen) atoms. The van der Waals surface area contributed by atoms with E-state index in [1.807, 2.05) is 6.07 Å². The van der Waals surface area contributed by atoms with E-state index in [2.05, 4.69) is 5.32 Å². The van der Waals surface area contributed by atoms with Crippen molar-refractivity contribution in [2.24, 2.45) is 0 Å². The van der Waals surface area contributed by atoms with E-state index >= 15 is 0 Å². The van der Waals surface area contributed by atoms with Crippen LogP contribution >= 0.6 is 0 Å². The second-order valence-electron chi connectivity index (χ2n) is 5.17. The van der Waals surface area contributed by atoms with E-state index < -0.39 is 11.7 Å². The van der Waals surface area contributed by atoms with E-state index in [4.69, 9.17) is 10.00 Å². The molecule has 0 aliphatic heterocycles.